The second-order valence-corrected chi connectivity index (χ2v) is 4.83. The quantitative estimate of drug-likeness (QED) is 0.852. The van der Waals surface area contributed by atoms with Gasteiger partial charge in [-0.1, -0.05) is 18.3 Å². The lowest BCUT2D eigenvalue weighted by atomic mass is 9.98. The molecule has 0 atom stereocenters. The topological polar surface area (TPSA) is 57.4 Å². The smallest absolute Gasteiger partial charge is 0.180 e. The zero-order chi connectivity index (χ0) is 10.9. The van der Waals surface area contributed by atoms with Crippen LogP contribution in [-0.2, 0) is 15.1 Å². The second-order valence-electron chi connectivity index (χ2n) is 3.80. The number of hydrogen-bond donors (Lipinski definition) is 1. The van der Waals surface area contributed by atoms with Crippen LogP contribution in [-0.4, -0.2) is 24.8 Å². The highest BCUT2D eigenvalue weighted by Crippen LogP contribution is 2.39. The van der Waals surface area contributed by atoms with Crippen LogP contribution >= 0.6 is 11.3 Å². The molecular weight excluding hydrogens is 212 g/mol. The lowest BCUT2D eigenvalue weighted by Crippen LogP contribution is -2.49. The summed E-state index contributed by atoms with van der Waals surface area (Å²) in [6, 6.07) is 0. The molecule has 1 saturated heterocycles. The number of aryl methyl sites for hydroxylation is 1. The molecule has 84 valence electrons. The third-order valence-electron chi connectivity index (χ3n) is 2.48. The maximum Gasteiger partial charge on any atom is 0.180 e. The Balaban J connectivity index is 2.21. The molecule has 0 spiro atoms. The highest BCUT2D eigenvalue weighted by molar-refractivity contribution is 7.15. The third kappa shape index (κ3) is 1.87. The Hall–Kier alpha value is -0.650. The average molecular weight is 228 g/mol. The minimum absolute atomic E-state index is 0.268. The van der Waals surface area contributed by atoms with Gasteiger partial charge in [0.15, 0.2) is 10.7 Å². The van der Waals surface area contributed by atoms with Gasteiger partial charge in [-0.05, 0) is 13.3 Å². The molecule has 2 N–H and O–H groups in total. The van der Waals surface area contributed by atoms with E-state index in [9.17, 15) is 0 Å². The van der Waals surface area contributed by atoms with Gasteiger partial charge in [-0.3, -0.25) is 0 Å². The fraction of sp³-hybridized carbons (Fsp3) is 0.700. The molecular formula is C10H16N2O2S. The van der Waals surface area contributed by atoms with Crippen molar-refractivity contribution >= 4 is 16.5 Å². The lowest BCUT2D eigenvalue weighted by molar-refractivity contribution is -0.215. The molecule has 0 radical (unpaired) electrons. The molecule has 5 heteroatoms. The standard InChI is InChI=1S/C10H16N2O2S/c1-3-4-14-10(5-13-6-10)8-7(2)12-9(11)15-8/h3-6H2,1-2H3,(H2,11,12). The van der Waals surface area contributed by atoms with E-state index >= 15 is 0 Å². The van der Waals surface area contributed by atoms with Gasteiger partial charge in [-0.25, -0.2) is 4.98 Å². The Labute approximate surface area is 93.4 Å². The van der Waals surface area contributed by atoms with Crippen molar-refractivity contribution in [3.05, 3.63) is 10.6 Å². The first kappa shape index (κ1) is 10.9. The molecule has 1 fully saturated rings. The van der Waals surface area contributed by atoms with Crippen molar-refractivity contribution in [3.63, 3.8) is 0 Å². The van der Waals surface area contributed by atoms with Crippen molar-refractivity contribution in [1.29, 1.82) is 0 Å². The van der Waals surface area contributed by atoms with E-state index < -0.39 is 0 Å². The summed E-state index contributed by atoms with van der Waals surface area (Å²) in [6.45, 7) is 6.06. The number of thiazole rings is 1. The monoisotopic (exact) mass is 228 g/mol. The van der Waals surface area contributed by atoms with Gasteiger partial charge in [0.25, 0.3) is 0 Å². The van der Waals surface area contributed by atoms with Gasteiger partial charge in [-0.2, -0.15) is 0 Å². The van der Waals surface area contributed by atoms with Crippen LogP contribution in [0.3, 0.4) is 0 Å². The number of nitrogens with two attached hydrogens (primary N) is 1. The Kier molecular flexibility index (Phi) is 2.95. The minimum atomic E-state index is -0.268. The fourth-order valence-electron chi connectivity index (χ4n) is 1.70. The second kappa shape index (κ2) is 4.08. The number of ether oxygens (including phenoxy) is 2. The Morgan fingerprint density at radius 3 is 2.73 bits per heavy atom. The number of aromatic nitrogens is 1. The minimum Gasteiger partial charge on any atom is -0.375 e. The van der Waals surface area contributed by atoms with Crippen LogP contribution in [0.2, 0.25) is 0 Å². The Morgan fingerprint density at radius 2 is 2.33 bits per heavy atom. The van der Waals surface area contributed by atoms with Crippen molar-refractivity contribution in [3.8, 4) is 0 Å². The number of nitrogens with zero attached hydrogens (tertiary/aromatic N) is 1. The van der Waals surface area contributed by atoms with Crippen LogP contribution in [0.15, 0.2) is 0 Å². The molecule has 0 aromatic carbocycles. The van der Waals surface area contributed by atoms with Crippen molar-refractivity contribution in [2.45, 2.75) is 25.9 Å². The average Bonchev–Trinajstić information content (AvgIpc) is 2.45. The Bertz CT molecular complexity index is 347. The maximum atomic E-state index is 5.88. The predicted octanol–water partition coefficient (Wildman–Crippen LogP) is 1.69. The first-order valence-electron chi connectivity index (χ1n) is 5.13. The molecule has 1 aromatic rings. The van der Waals surface area contributed by atoms with Gasteiger partial charge in [0.05, 0.1) is 23.8 Å². The largest absolute Gasteiger partial charge is 0.375 e. The zero-order valence-corrected chi connectivity index (χ0v) is 9.89. The molecule has 4 nitrogen and oxygen atoms in total. The summed E-state index contributed by atoms with van der Waals surface area (Å²) in [5.74, 6) is 0. The van der Waals surface area contributed by atoms with Gasteiger partial charge in [0.1, 0.15) is 0 Å². The predicted molar refractivity (Wildman–Crippen MR) is 60.0 cm³/mol. The van der Waals surface area contributed by atoms with E-state index in [-0.39, 0.29) is 5.60 Å². The Morgan fingerprint density at radius 1 is 1.60 bits per heavy atom. The fourth-order valence-corrected chi connectivity index (χ4v) is 2.65. The van der Waals surface area contributed by atoms with Crippen LogP contribution in [0, 0.1) is 6.92 Å². The summed E-state index contributed by atoms with van der Waals surface area (Å²) in [6.07, 6.45) is 1.01. The molecule has 0 unspecified atom stereocenters. The zero-order valence-electron chi connectivity index (χ0n) is 9.08. The molecule has 1 aliphatic heterocycles. The van der Waals surface area contributed by atoms with Gasteiger partial charge < -0.3 is 15.2 Å². The summed E-state index contributed by atoms with van der Waals surface area (Å²) in [5, 5.41) is 0.605. The molecule has 0 saturated carbocycles. The highest BCUT2D eigenvalue weighted by atomic mass is 32.1. The van der Waals surface area contributed by atoms with Crippen LogP contribution in [0.25, 0.3) is 0 Å². The summed E-state index contributed by atoms with van der Waals surface area (Å²) in [7, 11) is 0. The van der Waals surface area contributed by atoms with E-state index in [0.717, 1.165) is 23.6 Å². The van der Waals surface area contributed by atoms with E-state index in [0.29, 0.717) is 18.3 Å². The van der Waals surface area contributed by atoms with Crippen molar-refractivity contribution < 1.29 is 9.47 Å². The SMILES string of the molecule is CCCOC1(c2sc(N)nc2C)COC1. The molecule has 0 amide bonds. The maximum absolute atomic E-state index is 5.88. The number of nitrogen functional groups attached to an aromatic ring is 1. The highest BCUT2D eigenvalue weighted by Gasteiger charge is 2.44. The molecule has 0 bridgehead atoms. The molecule has 1 aliphatic rings. The van der Waals surface area contributed by atoms with Gasteiger partial charge in [-0.15, -0.1) is 0 Å². The van der Waals surface area contributed by atoms with E-state index in [2.05, 4.69) is 11.9 Å². The van der Waals surface area contributed by atoms with Crippen LogP contribution < -0.4 is 5.73 Å². The van der Waals surface area contributed by atoms with Crippen LogP contribution in [0.5, 0.6) is 0 Å². The van der Waals surface area contributed by atoms with Crippen molar-refractivity contribution in [1.82, 2.24) is 4.98 Å². The lowest BCUT2D eigenvalue weighted by Gasteiger charge is -2.40. The van der Waals surface area contributed by atoms with Gasteiger partial charge in [0.2, 0.25) is 0 Å². The molecule has 0 aliphatic carbocycles. The number of rotatable bonds is 4. The molecule has 15 heavy (non-hydrogen) atoms. The van der Waals surface area contributed by atoms with E-state index in [1.54, 1.807) is 0 Å². The number of anilines is 1. The first-order valence-corrected chi connectivity index (χ1v) is 5.94. The number of hydrogen-bond acceptors (Lipinski definition) is 5. The van der Waals surface area contributed by atoms with E-state index in [4.69, 9.17) is 15.2 Å². The molecule has 2 rings (SSSR count). The first-order chi connectivity index (χ1) is 7.18. The van der Waals surface area contributed by atoms with Crippen molar-refractivity contribution in [2.75, 3.05) is 25.6 Å². The van der Waals surface area contributed by atoms with E-state index in [1.807, 2.05) is 6.92 Å². The molecule has 2 heterocycles. The van der Waals surface area contributed by atoms with E-state index in [1.165, 1.54) is 11.3 Å². The third-order valence-corrected chi connectivity index (χ3v) is 3.65. The van der Waals surface area contributed by atoms with Crippen molar-refractivity contribution in [2.24, 2.45) is 0 Å². The van der Waals surface area contributed by atoms with Crippen LogP contribution in [0.4, 0.5) is 5.13 Å². The van der Waals surface area contributed by atoms with Gasteiger partial charge in [0, 0.05) is 6.61 Å². The summed E-state index contributed by atoms with van der Waals surface area (Å²) < 4.78 is 11.2. The summed E-state index contributed by atoms with van der Waals surface area (Å²) >= 11 is 1.51. The van der Waals surface area contributed by atoms with Crippen LogP contribution in [0.1, 0.15) is 23.9 Å². The summed E-state index contributed by atoms with van der Waals surface area (Å²) in [4.78, 5) is 5.35. The van der Waals surface area contributed by atoms with Gasteiger partial charge >= 0.3 is 0 Å². The normalized spacial score (nSPS) is 18.8. The summed E-state index contributed by atoms with van der Waals surface area (Å²) in [5.41, 5.74) is 6.40. The molecule has 1 aromatic heterocycles.